The highest BCUT2D eigenvalue weighted by atomic mass is 32.2. The first kappa shape index (κ1) is 27.1. The lowest BCUT2D eigenvalue weighted by Gasteiger charge is -2.15. The lowest BCUT2D eigenvalue weighted by Crippen LogP contribution is -2.19. The molecule has 0 fully saturated rings. The lowest BCUT2D eigenvalue weighted by molar-refractivity contribution is 0.330. The second-order valence-corrected chi connectivity index (χ2v) is 10.4. The maximum atomic E-state index is 13.3. The number of benzene rings is 1. The topological polar surface area (TPSA) is 74.6 Å². The first-order valence-electron chi connectivity index (χ1n) is 10.9. The largest absolute Gasteiger partial charge is 0.392 e. The van der Waals surface area contributed by atoms with E-state index in [-0.39, 0.29) is 13.2 Å². The molecular formula is C26H38O4S. The van der Waals surface area contributed by atoms with Crippen LogP contribution >= 0.6 is 0 Å². The minimum absolute atomic E-state index is 0.0465. The average molecular weight is 447 g/mol. The number of hydrogen-bond donors (Lipinski definition) is 2. The Hall–Kier alpha value is -1.95. The van der Waals surface area contributed by atoms with Crippen molar-refractivity contribution in [1.82, 2.24) is 0 Å². The highest BCUT2D eigenvalue weighted by Crippen LogP contribution is 2.23. The fraction of sp³-hybridized carbons (Fsp3) is 0.462. The Kier molecular flexibility index (Phi) is 12.4. The first-order valence-corrected chi connectivity index (χ1v) is 12.4. The van der Waals surface area contributed by atoms with Gasteiger partial charge in [-0.15, -0.1) is 0 Å². The molecule has 0 aliphatic carbocycles. The summed E-state index contributed by atoms with van der Waals surface area (Å²) in [6.45, 7) is 7.88. The van der Waals surface area contributed by atoms with Crippen LogP contribution in [-0.2, 0) is 9.84 Å². The van der Waals surface area contributed by atoms with Crippen LogP contribution in [0.1, 0.15) is 59.8 Å². The van der Waals surface area contributed by atoms with Gasteiger partial charge in [-0.2, -0.15) is 0 Å². The molecular weight excluding hydrogens is 408 g/mol. The van der Waals surface area contributed by atoms with Crippen molar-refractivity contribution in [2.24, 2.45) is 0 Å². The Balaban J connectivity index is 3.03. The van der Waals surface area contributed by atoms with Crippen molar-refractivity contribution in [3.05, 3.63) is 76.9 Å². The van der Waals surface area contributed by atoms with E-state index in [1.54, 1.807) is 24.3 Å². The van der Waals surface area contributed by atoms with Crippen LogP contribution in [0, 0.1) is 0 Å². The molecule has 1 rings (SSSR count). The smallest absolute Gasteiger partial charge is 0.185 e. The van der Waals surface area contributed by atoms with Crippen molar-refractivity contribution in [3.8, 4) is 0 Å². The van der Waals surface area contributed by atoms with Crippen LogP contribution in [0.3, 0.4) is 0 Å². The molecule has 0 heterocycles. The maximum absolute atomic E-state index is 13.3. The highest BCUT2D eigenvalue weighted by molar-refractivity contribution is 7.92. The Bertz CT molecular complexity index is 891. The molecule has 0 amide bonds. The van der Waals surface area contributed by atoms with Gasteiger partial charge in [-0.05, 0) is 71.9 Å². The molecule has 0 aliphatic heterocycles. The molecule has 0 aromatic heterocycles. The third-order valence-electron chi connectivity index (χ3n) is 5.20. The van der Waals surface area contributed by atoms with Gasteiger partial charge in [-0.1, -0.05) is 64.8 Å². The number of allylic oxidation sites excluding steroid dienone is 5. The number of rotatable bonds is 13. The van der Waals surface area contributed by atoms with Crippen LogP contribution in [0.15, 0.2) is 81.8 Å². The van der Waals surface area contributed by atoms with Gasteiger partial charge >= 0.3 is 0 Å². The third kappa shape index (κ3) is 10.3. The second kappa shape index (κ2) is 14.2. The summed E-state index contributed by atoms with van der Waals surface area (Å²) in [5.74, 6) is 0. The summed E-state index contributed by atoms with van der Waals surface area (Å²) < 4.78 is 26.6. The number of hydrogen-bond acceptors (Lipinski definition) is 4. The normalized spacial score (nSPS) is 15.3. The second-order valence-electron chi connectivity index (χ2n) is 8.19. The quantitative estimate of drug-likeness (QED) is 0.390. The maximum Gasteiger partial charge on any atom is 0.185 e. The fourth-order valence-corrected chi connectivity index (χ4v) is 4.76. The van der Waals surface area contributed by atoms with Crippen LogP contribution in [0.4, 0.5) is 0 Å². The van der Waals surface area contributed by atoms with Crippen molar-refractivity contribution in [2.45, 2.75) is 69.9 Å². The molecule has 1 aromatic rings. The van der Waals surface area contributed by atoms with Crippen molar-refractivity contribution < 1.29 is 18.6 Å². The standard InChI is InChI=1S/C26H38O4S/c1-21(10-8-12-23(3)19-27)16-17-26(18-22(2)11-9-13-24(4)20-28)31(29,30)25-14-6-5-7-15-25/h5-7,12-16,18,26-28H,8-11,17,19-20H2,1-4H3. The summed E-state index contributed by atoms with van der Waals surface area (Å²) in [5.41, 5.74) is 4.04. The molecule has 5 heteroatoms. The average Bonchev–Trinajstić information content (AvgIpc) is 2.76. The Morgan fingerprint density at radius 3 is 1.84 bits per heavy atom. The van der Waals surface area contributed by atoms with E-state index in [4.69, 9.17) is 10.2 Å². The molecule has 2 N–H and O–H groups in total. The highest BCUT2D eigenvalue weighted by Gasteiger charge is 2.24. The molecule has 0 saturated heterocycles. The van der Waals surface area contributed by atoms with E-state index in [0.717, 1.165) is 48.0 Å². The molecule has 4 nitrogen and oxygen atoms in total. The van der Waals surface area contributed by atoms with Gasteiger partial charge in [-0.3, -0.25) is 0 Å². The molecule has 0 aliphatic rings. The van der Waals surface area contributed by atoms with Crippen molar-refractivity contribution >= 4 is 9.84 Å². The molecule has 0 radical (unpaired) electrons. The lowest BCUT2D eigenvalue weighted by atomic mass is 10.1. The summed E-state index contributed by atoms with van der Waals surface area (Å²) in [6.07, 6.45) is 11.5. The van der Waals surface area contributed by atoms with Gasteiger partial charge in [0.15, 0.2) is 9.84 Å². The molecule has 0 spiro atoms. The van der Waals surface area contributed by atoms with Gasteiger partial charge in [-0.25, -0.2) is 8.42 Å². The van der Waals surface area contributed by atoms with E-state index in [1.165, 1.54) is 0 Å². The van der Waals surface area contributed by atoms with Crippen LogP contribution < -0.4 is 0 Å². The molecule has 0 saturated carbocycles. The summed E-state index contributed by atoms with van der Waals surface area (Å²) in [7, 11) is -3.50. The molecule has 172 valence electrons. The Labute approximate surface area is 188 Å². The zero-order valence-electron chi connectivity index (χ0n) is 19.3. The van der Waals surface area contributed by atoms with Crippen LogP contribution in [0.25, 0.3) is 0 Å². The first-order chi connectivity index (χ1) is 14.7. The summed E-state index contributed by atoms with van der Waals surface area (Å²) in [5, 5.41) is 17.6. The minimum atomic E-state index is -3.50. The third-order valence-corrected chi connectivity index (χ3v) is 7.26. The Morgan fingerprint density at radius 2 is 1.32 bits per heavy atom. The van der Waals surface area contributed by atoms with E-state index in [9.17, 15) is 8.42 Å². The zero-order valence-corrected chi connectivity index (χ0v) is 20.2. The van der Waals surface area contributed by atoms with Gasteiger partial charge in [0.2, 0.25) is 0 Å². The van der Waals surface area contributed by atoms with E-state index >= 15 is 0 Å². The van der Waals surface area contributed by atoms with Gasteiger partial charge < -0.3 is 10.2 Å². The van der Waals surface area contributed by atoms with Crippen molar-refractivity contribution in [2.75, 3.05) is 13.2 Å². The van der Waals surface area contributed by atoms with Crippen LogP contribution in [0.2, 0.25) is 0 Å². The van der Waals surface area contributed by atoms with E-state index in [2.05, 4.69) is 0 Å². The van der Waals surface area contributed by atoms with Gasteiger partial charge in [0, 0.05) is 0 Å². The molecule has 1 atom stereocenters. The van der Waals surface area contributed by atoms with Gasteiger partial charge in [0.1, 0.15) is 0 Å². The number of aliphatic hydroxyl groups is 2. The van der Waals surface area contributed by atoms with Crippen LogP contribution in [0.5, 0.6) is 0 Å². The SMILES string of the molecule is CC(=CCCC(C)=CCC(C=C(C)CCC=C(C)CO)S(=O)(=O)c1ccccc1)CO. The predicted octanol–water partition coefficient (Wildman–Crippen LogP) is 5.55. The van der Waals surface area contributed by atoms with E-state index in [0.29, 0.717) is 11.3 Å². The number of aliphatic hydroxyl groups excluding tert-OH is 2. The predicted molar refractivity (Wildman–Crippen MR) is 130 cm³/mol. The summed E-state index contributed by atoms with van der Waals surface area (Å²) >= 11 is 0. The van der Waals surface area contributed by atoms with E-state index in [1.807, 2.05) is 58.1 Å². The summed E-state index contributed by atoms with van der Waals surface area (Å²) in [6, 6.07) is 8.62. The van der Waals surface area contributed by atoms with Crippen molar-refractivity contribution in [1.29, 1.82) is 0 Å². The molecule has 1 aromatic carbocycles. The van der Waals surface area contributed by atoms with Gasteiger partial charge in [0.05, 0.1) is 23.4 Å². The number of sulfone groups is 1. The van der Waals surface area contributed by atoms with Crippen molar-refractivity contribution in [3.63, 3.8) is 0 Å². The van der Waals surface area contributed by atoms with Crippen LogP contribution in [-0.4, -0.2) is 37.1 Å². The summed E-state index contributed by atoms with van der Waals surface area (Å²) in [4.78, 5) is 0.340. The van der Waals surface area contributed by atoms with Gasteiger partial charge in [0.25, 0.3) is 0 Å². The molecule has 31 heavy (non-hydrogen) atoms. The molecule has 1 unspecified atom stereocenters. The Morgan fingerprint density at radius 1 is 0.806 bits per heavy atom. The molecule has 0 bridgehead atoms. The minimum Gasteiger partial charge on any atom is -0.392 e. The zero-order chi connectivity index (χ0) is 23.3. The van der Waals surface area contributed by atoms with E-state index < -0.39 is 15.1 Å². The fourth-order valence-electron chi connectivity index (χ4n) is 3.11. The monoisotopic (exact) mass is 446 g/mol.